The van der Waals surface area contributed by atoms with Gasteiger partial charge in [-0.1, -0.05) is 12.1 Å². The Kier molecular flexibility index (Phi) is 9.15. The minimum atomic E-state index is -4.62. The Morgan fingerprint density at radius 2 is 1.89 bits per heavy atom. The van der Waals surface area contributed by atoms with Gasteiger partial charge in [0.15, 0.2) is 0 Å². The van der Waals surface area contributed by atoms with Gasteiger partial charge in [-0.25, -0.2) is 19.3 Å². The van der Waals surface area contributed by atoms with Crippen LogP contribution >= 0.6 is 0 Å². The van der Waals surface area contributed by atoms with Crippen LogP contribution in [0.2, 0.25) is 0 Å². The van der Waals surface area contributed by atoms with Gasteiger partial charge in [-0.3, -0.25) is 4.90 Å². The lowest BCUT2D eigenvalue weighted by molar-refractivity contribution is -0.916. The second kappa shape index (κ2) is 12.8. The quantitative estimate of drug-likeness (QED) is 0.264. The molecule has 1 atom stereocenters. The van der Waals surface area contributed by atoms with Crippen molar-refractivity contribution in [3.8, 4) is 6.07 Å². The molecule has 2 aliphatic rings. The Morgan fingerprint density at radius 1 is 1.17 bits per heavy atom. The molecule has 0 saturated heterocycles. The molecule has 2 heterocycles. The molecular formula is C33H38F3N6O4+. The van der Waals surface area contributed by atoms with Crippen molar-refractivity contribution in [2.75, 3.05) is 32.6 Å². The predicted molar refractivity (Wildman–Crippen MR) is 164 cm³/mol. The SMILES string of the molecule is COC(=O)C1=C(C)N(c2cccc(C(F)(F)F)c2)c2n[nH]c(=O)n2[C@@H]1c1ccc(C#N)cc1CCC[N+](C)(C)C1CCC(O)CC1. The van der Waals surface area contributed by atoms with Gasteiger partial charge in [0.05, 0.1) is 62.7 Å². The summed E-state index contributed by atoms with van der Waals surface area (Å²) in [6.45, 7) is 2.40. The number of nitrogens with one attached hydrogen (secondary N) is 1. The molecule has 2 N–H and O–H groups in total. The summed E-state index contributed by atoms with van der Waals surface area (Å²) in [5.41, 5.74) is 0.539. The molecule has 0 spiro atoms. The van der Waals surface area contributed by atoms with Crippen LogP contribution in [-0.4, -0.2) is 70.2 Å². The second-order valence-electron chi connectivity index (χ2n) is 12.6. The number of fused-ring (bicyclic) bond motifs is 1. The van der Waals surface area contributed by atoms with E-state index >= 15 is 0 Å². The smallest absolute Gasteiger partial charge is 0.416 e. The van der Waals surface area contributed by atoms with Crippen molar-refractivity contribution >= 4 is 17.6 Å². The summed E-state index contributed by atoms with van der Waals surface area (Å²) in [4.78, 5) is 28.2. The third-order valence-corrected chi connectivity index (χ3v) is 9.38. The highest BCUT2D eigenvalue weighted by Gasteiger charge is 2.41. The maximum absolute atomic E-state index is 13.7. The number of aromatic amines is 1. The minimum absolute atomic E-state index is 0.00655. The average molecular weight is 640 g/mol. The van der Waals surface area contributed by atoms with Crippen molar-refractivity contribution in [3.05, 3.63) is 86.5 Å². The first-order valence-electron chi connectivity index (χ1n) is 15.2. The summed E-state index contributed by atoms with van der Waals surface area (Å²) in [7, 11) is 5.56. The Balaban J connectivity index is 1.58. The molecule has 10 nitrogen and oxygen atoms in total. The predicted octanol–water partition coefficient (Wildman–Crippen LogP) is 4.96. The number of rotatable bonds is 8. The maximum Gasteiger partial charge on any atom is 0.416 e. The molecule has 0 radical (unpaired) electrons. The summed E-state index contributed by atoms with van der Waals surface area (Å²) >= 11 is 0. The molecule has 1 aliphatic carbocycles. The van der Waals surface area contributed by atoms with Gasteiger partial charge in [-0.15, -0.1) is 5.10 Å². The maximum atomic E-state index is 13.7. The number of alkyl halides is 3. The third-order valence-electron chi connectivity index (χ3n) is 9.38. The third kappa shape index (κ3) is 6.32. The number of aromatic nitrogens is 3. The first-order valence-corrected chi connectivity index (χ1v) is 15.2. The van der Waals surface area contributed by atoms with Gasteiger partial charge < -0.3 is 14.3 Å². The topological polar surface area (TPSA) is 124 Å². The van der Waals surface area contributed by atoms with Crippen LogP contribution in [0.1, 0.15) is 67.3 Å². The number of halogens is 3. The van der Waals surface area contributed by atoms with E-state index in [0.717, 1.165) is 60.8 Å². The molecular weight excluding hydrogens is 601 g/mol. The van der Waals surface area contributed by atoms with E-state index in [4.69, 9.17) is 4.74 Å². The van der Waals surface area contributed by atoms with E-state index in [1.54, 1.807) is 25.1 Å². The number of quaternary nitrogens is 1. The second-order valence-corrected chi connectivity index (χ2v) is 12.6. The van der Waals surface area contributed by atoms with Gasteiger partial charge >= 0.3 is 17.8 Å². The number of carbonyl (C=O) groups excluding carboxylic acids is 1. The molecule has 1 aliphatic heterocycles. The summed E-state index contributed by atoms with van der Waals surface area (Å²) in [6.07, 6.45) is -0.159. The van der Waals surface area contributed by atoms with Crippen LogP contribution in [0.15, 0.2) is 58.5 Å². The van der Waals surface area contributed by atoms with Crippen LogP contribution in [0.3, 0.4) is 0 Å². The highest BCUT2D eigenvalue weighted by molar-refractivity contribution is 5.93. The van der Waals surface area contributed by atoms with Crippen LogP contribution in [0.4, 0.5) is 24.8 Å². The molecule has 46 heavy (non-hydrogen) atoms. The molecule has 1 fully saturated rings. The molecule has 244 valence electrons. The van der Waals surface area contributed by atoms with Gasteiger partial charge in [0.2, 0.25) is 5.95 Å². The Morgan fingerprint density at radius 3 is 2.54 bits per heavy atom. The number of H-pyrrole nitrogens is 1. The van der Waals surface area contributed by atoms with E-state index in [-0.39, 0.29) is 29.0 Å². The molecule has 3 aromatic rings. The minimum Gasteiger partial charge on any atom is -0.466 e. The number of benzene rings is 2. The summed E-state index contributed by atoms with van der Waals surface area (Å²) in [5.74, 6) is -0.752. The average Bonchev–Trinajstić information content (AvgIpc) is 3.40. The fourth-order valence-corrected chi connectivity index (χ4v) is 6.85. The van der Waals surface area contributed by atoms with Crippen molar-refractivity contribution in [2.24, 2.45) is 0 Å². The Hall–Kier alpha value is -4.41. The molecule has 0 bridgehead atoms. The van der Waals surface area contributed by atoms with Crippen LogP contribution in [0.25, 0.3) is 0 Å². The number of anilines is 2. The molecule has 1 saturated carbocycles. The monoisotopic (exact) mass is 639 g/mol. The van der Waals surface area contributed by atoms with Gasteiger partial charge in [0.1, 0.15) is 6.04 Å². The van der Waals surface area contributed by atoms with E-state index in [0.29, 0.717) is 23.6 Å². The normalized spacial score (nSPS) is 20.3. The summed E-state index contributed by atoms with van der Waals surface area (Å²) in [6, 6.07) is 11.2. The van der Waals surface area contributed by atoms with Crippen LogP contribution in [0, 0.1) is 11.3 Å². The molecule has 5 rings (SSSR count). The molecule has 13 heteroatoms. The van der Waals surface area contributed by atoms with E-state index in [9.17, 15) is 33.1 Å². The zero-order valence-electron chi connectivity index (χ0n) is 26.3. The van der Waals surface area contributed by atoms with Crippen LogP contribution < -0.4 is 10.6 Å². The van der Waals surface area contributed by atoms with E-state index in [1.165, 1.54) is 28.7 Å². The molecule has 0 amide bonds. The lowest BCUT2D eigenvalue weighted by Gasteiger charge is -2.41. The van der Waals surface area contributed by atoms with E-state index < -0.39 is 29.4 Å². The Bertz CT molecular complexity index is 1740. The summed E-state index contributed by atoms with van der Waals surface area (Å²) in [5, 5.41) is 26.3. The highest BCUT2D eigenvalue weighted by atomic mass is 19.4. The number of ether oxygens (including phenoxy) is 1. The van der Waals surface area contributed by atoms with Gasteiger partial charge in [0.25, 0.3) is 0 Å². The highest BCUT2D eigenvalue weighted by Crippen LogP contribution is 2.43. The number of aliphatic hydroxyl groups excluding tert-OH is 1. The number of allylic oxidation sites excluding steroid dienone is 1. The fourth-order valence-electron chi connectivity index (χ4n) is 6.85. The summed E-state index contributed by atoms with van der Waals surface area (Å²) < 4.78 is 48.2. The van der Waals surface area contributed by atoms with Crippen molar-refractivity contribution in [3.63, 3.8) is 0 Å². The lowest BCUT2D eigenvalue weighted by Crippen LogP contribution is -2.51. The van der Waals surface area contributed by atoms with Crippen molar-refractivity contribution in [1.29, 1.82) is 5.26 Å². The largest absolute Gasteiger partial charge is 0.466 e. The van der Waals surface area contributed by atoms with Gasteiger partial charge in [0, 0.05) is 30.6 Å². The zero-order chi connectivity index (χ0) is 33.4. The van der Waals surface area contributed by atoms with Crippen molar-refractivity contribution < 1.29 is 32.3 Å². The standard InChI is InChI=1S/C33H37F3N6O4/c1-20-28(30(44)46-4)29(41-31(38-39-32(41)45)40(20)24-9-5-8-23(18-24)33(34,35)36)27-15-10-21(19-37)17-22(27)7-6-16-42(2,3)25-11-13-26(43)14-12-25/h5,8-10,15,17-18,25-26,29,43H,6-7,11-14,16H2,1-4H3/p+1/t25?,26?,29-/m1/s1. The van der Waals surface area contributed by atoms with E-state index in [1.807, 2.05) is 0 Å². The lowest BCUT2D eigenvalue weighted by atomic mass is 9.88. The first-order chi connectivity index (χ1) is 21.8. The van der Waals surface area contributed by atoms with Crippen molar-refractivity contribution in [1.82, 2.24) is 14.8 Å². The van der Waals surface area contributed by atoms with E-state index in [2.05, 4.69) is 30.4 Å². The van der Waals surface area contributed by atoms with Crippen molar-refractivity contribution in [2.45, 2.75) is 69.8 Å². The number of aryl methyl sites for hydroxylation is 1. The number of hydrogen-bond acceptors (Lipinski definition) is 7. The van der Waals surface area contributed by atoms with Gasteiger partial charge in [-0.2, -0.15) is 18.4 Å². The molecule has 1 aromatic heterocycles. The number of nitrogens with zero attached hydrogens (tertiary/aromatic N) is 5. The first kappa shape index (κ1) is 33.0. The number of hydrogen-bond donors (Lipinski definition) is 2. The fraction of sp³-hybridized carbons (Fsp3) is 0.455. The number of methoxy groups -OCH3 is 1. The Labute approximate surface area is 264 Å². The number of carbonyl (C=O) groups is 1. The number of nitriles is 1. The van der Waals surface area contributed by atoms with Crippen LogP contribution in [0.5, 0.6) is 0 Å². The number of esters is 1. The van der Waals surface area contributed by atoms with Gasteiger partial charge in [-0.05, 0) is 67.6 Å². The zero-order valence-corrected chi connectivity index (χ0v) is 26.3. The van der Waals surface area contributed by atoms with Crippen LogP contribution in [-0.2, 0) is 22.1 Å². The molecule has 0 unspecified atom stereocenters. The molecule has 2 aromatic carbocycles. The number of aliphatic hydroxyl groups is 1.